The number of hydrogen-bond acceptors (Lipinski definition) is 0. The maximum Gasteiger partial charge on any atom is 0.257 e. The molecule has 2 aliphatic carbocycles. The lowest BCUT2D eigenvalue weighted by atomic mass is 9.99. The van der Waals surface area contributed by atoms with Crippen LogP contribution in [0, 0.1) is 0 Å². The Hall–Kier alpha value is 1.01. The van der Waals surface area contributed by atoms with E-state index < -0.39 is 6.69 Å². The van der Waals surface area contributed by atoms with Crippen LogP contribution in [0.5, 0.6) is 0 Å². The molecule has 0 saturated heterocycles. The predicted molar refractivity (Wildman–Crippen MR) is 82.5 cm³/mol. The molecule has 0 unspecified atom stereocenters. The minimum absolute atomic E-state index is 0. The molecule has 0 aromatic heterocycles. The second kappa shape index (κ2) is 6.82. The van der Waals surface area contributed by atoms with Gasteiger partial charge in [-0.2, -0.15) is 0 Å². The van der Waals surface area contributed by atoms with Crippen LogP contribution in [-0.4, -0.2) is 17.7 Å². The van der Waals surface area contributed by atoms with Crippen molar-refractivity contribution in [3.05, 3.63) is 0 Å². The van der Waals surface area contributed by atoms with Gasteiger partial charge < -0.3 is 0 Å². The van der Waals surface area contributed by atoms with Gasteiger partial charge in [-0.1, -0.05) is 64.2 Å². The smallest absolute Gasteiger partial charge is 0.145 e. The Morgan fingerprint density at radius 2 is 0.938 bits per heavy atom. The molecule has 0 N–H and O–H groups in total. The van der Waals surface area contributed by atoms with Gasteiger partial charge in [-0.25, -0.2) is 0 Å². The lowest BCUT2D eigenvalue weighted by Crippen LogP contribution is -2.35. The van der Waals surface area contributed by atoms with E-state index >= 15 is 0 Å². The average Bonchev–Trinajstić information content (AvgIpc) is 2.31. The molecule has 16 heavy (non-hydrogen) atoms. The third-order valence-electron chi connectivity index (χ3n) is 4.30. The normalized spacial score (nSPS) is 25.1. The van der Waals surface area contributed by atoms with Gasteiger partial charge in [0, 0.05) is 0 Å². The van der Waals surface area contributed by atoms with Crippen LogP contribution < -0.4 is 0 Å². The Morgan fingerprint density at radius 3 is 1.25 bits per heavy atom. The lowest BCUT2D eigenvalue weighted by Gasteiger charge is -2.38. The molecule has 96 valence electrons. The molecule has 0 bridgehead atoms. The summed E-state index contributed by atoms with van der Waals surface area (Å²) in [5.41, 5.74) is 1.41. The van der Waals surface area contributed by atoms with Gasteiger partial charge in [-0.15, -0.1) is 22.2 Å². The number of halogens is 2. The van der Waals surface area contributed by atoms with Gasteiger partial charge in [0.2, 0.25) is 0 Å². The molecule has 0 aromatic rings. The summed E-state index contributed by atoms with van der Waals surface area (Å²) in [7, 11) is 0. The third-order valence-corrected chi connectivity index (χ3v) is 11.3. The molecule has 2 saturated carbocycles. The first kappa shape index (κ1) is 15.1. The van der Waals surface area contributed by atoms with Crippen molar-refractivity contribution in [2.45, 2.75) is 75.3 Å². The number of rotatable bonds is 2. The minimum Gasteiger partial charge on any atom is -0.145 e. The molecule has 2 fully saturated rings. The molecular weight excluding hydrogens is 271 g/mol. The fraction of sp³-hybridized carbons (Fsp3) is 1.00. The van der Waals surface area contributed by atoms with Crippen LogP contribution in [-0.2, 0) is 0 Å². The van der Waals surface area contributed by atoms with Crippen LogP contribution >= 0.6 is 22.2 Å². The molecule has 0 amide bonds. The minimum atomic E-state index is -1.96. The zero-order chi connectivity index (χ0) is 10.7. The second-order valence-corrected chi connectivity index (χ2v) is 12.7. The van der Waals surface area contributed by atoms with Crippen LogP contribution in [0.25, 0.3) is 0 Å². The van der Waals surface area contributed by atoms with Gasteiger partial charge in [-0.3, -0.25) is 0 Å². The van der Waals surface area contributed by atoms with Crippen LogP contribution in [0.4, 0.5) is 0 Å². The summed E-state index contributed by atoms with van der Waals surface area (Å²) in [5, 5.41) is 0. The highest BCUT2D eigenvalue weighted by atomic mass is 35.7. The molecule has 4 heteroatoms. The maximum atomic E-state index is 6.80. The first-order chi connectivity index (χ1) is 7.21. The van der Waals surface area contributed by atoms with Crippen molar-refractivity contribution in [2.75, 3.05) is 0 Å². The summed E-state index contributed by atoms with van der Waals surface area (Å²) in [6, 6.07) is 0. The van der Waals surface area contributed by atoms with Crippen molar-refractivity contribution >= 4 is 39.8 Å². The largest absolute Gasteiger partial charge is 0.257 e. The van der Waals surface area contributed by atoms with Crippen molar-refractivity contribution in [1.82, 2.24) is 0 Å². The molecule has 0 nitrogen and oxygen atoms in total. The highest BCUT2D eigenvalue weighted by molar-refractivity contribution is 7.46. The summed E-state index contributed by atoms with van der Waals surface area (Å²) < 4.78 is 0. The zero-order valence-corrected chi connectivity index (χ0v) is 12.0. The Kier molecular flexibility index (Phi) is 6.42. The fourth-order valence-electron chi connectivity index (χ4n) is 3.31. The standard InChI is InChI=1S/C12H22Cl2Si.H4Si/c13-15(14,11-7-3-1-4-8-11)12-9-5-2-6-10-12;/h11-12H,1-10H2;1H4. The number of hydrogen-bond donors (Lipinski definition) is 0. The van der Waals surface area contributed by atoms with Gasteiger partial charge in [0.1, 0.15) is 0 Å². The average molecular weight is 297 g/mol. The van der Waals surface area contributed by atoms with Gasteiger partial charge in [-0.05, 0) is 22.0 Å². The van der Waals surface area contributed by atoms with Gasteiger partial charge >= 0.3 is 0 Å². The third kappa shape index (κ3) is 3.50. The van der Waals surface area contributed by atoms with Crippen LogP contribution in [0.1, 0.15) is 64.2 Å². The molecular formula is C12H26Cl2Si2. The van der Waals surface area contributed by atoms with Crippen molar-refractivity contribution in [2.24, 2.45) is 0 Å². The molecule has 0 spiro atoms. The molecule has 2 rings (SSSR count). The van der Waals surface area contributed by atoms with Crippen LogP contribution in [0.3, 0.4) is 0 Å². The highest BCUT2D eigenvalue weighted by Gasteiger charge is 2.45. The van der Waals surface area contributed by atoms with E-state index in [0.717, 1.165) is 0 Å². The van der Waals surface area contributed by atoms with Gasteiger partial charge in [0.25, 0.3) is 6.69 Å². The van der Waals surface area contributed by atoms with E-state index in [4.69, 9.17) is 22.2 Å². The van der Waals surface area contributed by atoms with E-state index in [2.05, 4.69) is 0 Å². The summed E-state index contributed by atoms with van der Waals surface area (Å²) in [5.74, 6) is 0. The van der Waals surface area contributed by atoms with E-state index in [0.29, 0.717) is 11.1 Å². The van der Waals surface area contributed by atoms with Crippen molar-refractivity contribution in [1.29, 1.82) is 0 Å². The van der Waals surface area contributed by atoms with Crippen LogP contribution in [0.15, 0.2) is 0 Å². The van der Waals surface area contributed by atoms with E-state index in [-0.39, 0.29) is 11.0 Å². The van der Waals surface area contributed by atoms with E-state index in [1.807, 2.05) is 0 Å². The van der Waals surface area contributed by atoms with Crippen LogP contribution in [0.2, 0.25) is 11.1 Å². The Balaban J connectivity index is 0.00000128. The highest BCUT2D eigenvalue weighted by Crippen LogP contribution is 2.52. The topological polar surface area (TPSA) is 0 Å². The fourth-order valence-corrected chi connectivity index (χ4v) is 8.95. The van der Waals surface area contributed by atoms with E-state index in [1.165, 1.54) is 64.2 Å². The summed E-state index contributed by atoms with van der Waals surface area (Å²) >= 11 is 13.6. The monoisotopic (exact) mass is 296 g/mol. The first-order valence-corrected chi connectivity index (χ1v) is 10.8. The van der Waals surface area contributed by atoms with E-state index in [1.54, 1.807) is 0 Å². The van der Waals surface area contributed by atoms with Crippen molar-refractivity contribution in [3.8, 4) is 0 Å². The Labute approximate surface area is 115 Å². The SMILES string of the molecule is Cl[Si](Cl)(C1CCCCC1)C1CCCCC1.[SiH4]. The maximum absolute atomic E-state index is 6.80. The molecule has 0 heterocycles. The predicted octanol–water partition coefficient (Wildman–Crippen LogP) is 4.12. The quantitative estimate of drug-likeness (QED) is 0.531. The Bertz CT molecular complexity index is 177. The molecule has 0 atom stereocenters. The van der Waals surface area contributed by atoms with Gasteiger partial charge in [0.15, 0.2) is 0 Å². The van der Waals surface area contributed by atoms with Crippen molar-refractivity contribution < 1.29 is 0 Å². The lowest BCUT2D eigenvalue weighted by molar-refractivity contribution is 0.464. The van der Waals surface area contributed by atoms with E-state index in [9.17, 15) is 0 Å². The molecule has 2 aliphatic rings. The summed E-state index contributed by atoms with van der Waals surface area (Å²) in [6.07, 6.45) is 13.5. The van der Waals surface area contributed by atoms with Crippen molar-refractivity contribution in [3.63, 3.8) is 0 Å². The Morgan fingerprint density at radius 1 is 0.625 bits per heavy atom. The molecule has 0 aliphatic heterocycles. The summed E-state index contributed by atoms with van der Waals surface area (Å²) in [4.78, 5) is 0. The zero-order valence-electron chi connectivity index (χ0n) is 9.48. The summed E-state index contributed by atoms with van der Waals surface area (Å²) in [6.45, 7) is -1.96. The van der Waals surface area contributed by atoms with Gasteiger partial charge in [0.05, 0.1) is 0 Å². The molecule has 0 aromatic carbocycles. The first-order valence-electron chi connectivity index (χ1n) is 6.59. The second-order valence-electron chi connectivity index (χ2n) is 5.34. The molecule has 0 radical (unpaired) electrons.